The van der Waals surface area contributed by atoms with E-state index in [1.165, 1.54) is 0 Å². The van der Waals surface area contributed by atoms with Crippen LogP contribution in [-0.4, -0.2) is 22.5 Å². The van der Waals surface area contributed by atoms with Crippen molar-refractivity contribution >= 4 is 17.2 Å². The Morgan fingerprint density at radius 3 is 3.07 bits per heavy atom. The number of aldehydes is 1. The number of nitrogens with one attached hydrogen (secondary N) is 1. The lowest BCUT2D eigenvalue weighted by Crippen LogP contribution is -2.24. The molecule has 72 valence electrons. The average Bonchev–Trinajstić information content (AvgIpc) is 2.62. The lowest BCUT2D eigenvalue weighted by Gasteiger charge is -1.99. The van der Waals surface area contributed by atoms with Crippen LogP contribution < -0.4 is 5.73 Å². The van der Waals surface area contributed by atoms with Crippen LogP contribution in [0.1, 0.15) is 5.69 Å². The SMILES string of the molecule is N[C@H](C=O)Cc1n[nH]c2ccccc12. The predicted molar refractivity (Wildman–Crippen MR) is 53.8 cm³/mol. The van der Waals surface area contributed by atoms with Crippen molar-refractivity contribution < 1.29 is 4.79 Å². The predicted octanol–water partition coefficient (Wildman–Crippen LogP) is 0.632. The van der Waals surface area contributed by atoms with E-state index in [2.05, 4.69) is 10.2 Å². The van der Waals surface area contributed by atoms with Crippen molar-refractivity contribution in [1.82, 2.24) is 10.2 Å². The maximum atomic E-state index is 10.4. The number of aromatic amines is 1. The summed E-state index contributed by atoms with van der Waals surface area (Å²) in [6, 6.07) is 7.31. The molecule has 0 aliphatic rings. The van der Waals surface area contributed by atoms with Gasteiger partial charge in [0.1, 0.15) is 6.29 Å². The van der Waals surface area contributed by atoms with Crippen LogP contribution in [0.3, 0.4) is 0 Å². The normalized spacial score (nSPS) is 12.9. The zero-order valence-electron chi connectivity index (χ0n) is 7.60. The summed E-state index contributed by atoms with van der Waals surface area (Å²) in [6.45, 7) is 0. The van der Waals surface area contributed by atoms with Crippen LogP contribution in [0.25, 0.3) is 10.9 Å². The third kappa shape index (κ3) is 1.52. The maximum absolute atomic E-state index is 10.4. The molecule has 1 aromatic heterocycles. The minimum absolute atomic E-state index is 0.471. The van der Waals surface area contributed by atoms with Crippen molar-refractivity contribution in [1.29, 1.82) is 0 Å². The van der Waals surface area contributed by atoms with E-state index in [-0.39, 0.29) is 0 Å². The van der Waals surface area contributed by atoms with Gasteiger partial charge < -0.3 is 10.5 Å². The van der Waals surface area contributed by atoms with E-state index < -0.39 is 6.04 Å². The number of carbonyl (C=O) groups is 1. The fraction of sp³-hybridized carbons (Fsp3) is 0.200. The highest BCUT2D eigenvalue weighted by Gasteiger charge is 2.08. The van der Waals surface area contributed by atoms with E-state index in [0.29, 0.717) is 6.42 Å². The van der Waals surface area contributed by atoms with Crippen molar-refractivity contribution in [2.75, 3.05) is 0 Å². The maximum Gasteiger partial charge on any atom is 0.137 e. The van der Waals surface area contributed by atoms with Gasteiger partial charge in [-0.2, -0.15) is 5.10 Å². The second kappa shape index (κ2) is 3.59. The first-order valence-corrected chi connectivity index (χ1v) is 4.44. The molecule has 0 radical (unpaired) electrons. The Hall–Kier alpha value is -1.68. The summed E-state index contributed by atoms with van der Waals surface area (Å²) in [5.41, 5.74) is 7.35. The Morgan fingerprint density at radius 2 is 2.29 bits per heavy atom. The standard InChI is InChI=1S/C10H11N3O/c11-7(6-14)5-10-8-3-1-2-4-9(8)12-13-10/h1-4,6-7H,5,11H2,(H,12,13)/t7-/m0/s1. The molecule has 0 bridgehead atoms. The van der Waals surface area contributed by atoms with Gasteiger partial charge in [-0.15, -0.1) is 0 Å². The molecule has 0 fully saturated rings. The Labute approximate surface area is 81.1 Å². The van der Waals surface area contributed by atoms with Crippen LogP contribution in [0.15, 0.2) is 24.3 Å². The molecule has 1 atom stereocenters. The number of para-hydroxylation sites is 1. The van der Waals surface area contributed by atoms with Crippen molar-refractivity contribution in [2.45, 2.75) is 12.5 Å². The fourth-order valence-corrected chi connectivity index (χ4v) is 1.45. The van der Waals surface area contributed by atoms with Gasteiger partial charge in [0.15, 0.2) is 0 Å². The van der Waals surface area contributed by atoms with Crippen molar-refractivity contribution in [3.05, 3.63) is 30.0 Å². The van der Waals surface area contributed by atoms with Crippen molar-refractivity contribution in [3.8, 4) is 0 Å². The summed E-state index contributed by atoms with van der Waals surface area (Å²) in [5, 5.41) is 8.05. The first-order valence-electron chi connectivity index (χ1n) is 4.44. The molecule has 14 heavy (non-hydrogen) atoms. The zero-order valence-corrected chi connectivity index (χ0v) is 7.60. The molecule has 0 amide bonds. The number of hydrogen-bond donors (Lipinski definition) is 2. The third-order valence-corrected chi connectivity index (χ3v) is 2.15. The lowest BCUT2D eigenvalue weighted by molar-refractivity contribution is -0.108. The largest absolute Gasteiger partial charge is 0.321 e. The molecule has 0 spiro atoms. The first-order chi connectivity index (χ1) is 6.81. The Balaban J connectivity index is 2.38. The number of aromatic nitrogens is 2. The molecule has 4 nitrogen and oxygen atoms in total. The molecule has 0 aliphatic carbocycles. The van der Waals surface area contributed by atoms with Gasteiger partial charge in [-0.3, -0.25) is 5.10 Å². The molecule has 1 aromatic carbocycles. The Kier molecular flexibility index (Phi) is 2.28. The van der Waals surface area contributed by atoms with E-state index in [1.807, 2.05) is 24.3 Å². The van der Waals surface area contributed by atoms with Crippen LogP contribution in [0.5, 0.6) is 0 Å². The summed E-state index contributed by atoms with van der Waals surface area (Å²) in [7, 11) is 0. The van der Waals surface area contributed by atoms with E-state index in [1.54, 1.807) is 0 Å². The van der Waals surface area contributed by atoms with Gasteiger partial charge in [-0.1, -0.05) is 18.2 Å². The quantitative estimate of drug-likeness (QED) is 0.696. The van der Waals surface area contributed by atoms with Gasteiger partial charge in [0, 0.05) is 11.8 Å². The highest BCUT2D eigenvalue weighted by molar-refractivity contribution is 5.81. The molecule has 4 heteroatoms. The topological polar surface area (TPSA) is 71.8 Å². The minimum atomic E-state index is -0.471. The van der Waals surface area contributed by atoms with Gasteiger partial charge in [0.05, 0.1) is 17.3 Å². The zero-order chi connectivity index (χ0) is 9.97. The summed E-state index contributed by atoms with van der Waals surface area (Å²) in [4.78, 5) is 10.4. The van der Waals surface area contributed by atoms with E-state index >= 15 is 0 Å². The van der Waals surface area contributed by atoms with Gasteiger partial charge in [-0.05, 0) is 6.07 Å². The summed E-state index contributed by atoms with van der Waals surface area (Å²) in [6.07, 6.45) is 1.22. The van der Waals surface area contributed by atoms with E-state index in [4.69, 9.17) is 5.73 Å². The van der Waals surface area contributed by atoms with E-state index in [0.717, 1.165) is 22.9 Å². The number of fused-ring (bicyclic) bond motifs is 1. The van der Waals surface area contributed by atoms with Crippen LogP contribution in [0, 0.1) is 0 Å². The molecule has 1 heterocycles. The van der Waals surface area contributed by atoms with Crippen LogP contribution in [-0.2, 0) is 11.2 Å². The number of carbonyl (C=O) groups excluding carboxylic acids is 1. The van der Waals surface area contributed by atoms with Crippen LogP contribution in [0.2, 0.25) is 0 Å². The molecule has 3 N–H and O–H groups in total. The van der Waals surface area contributed by atoms with Crippen LogP contribution in [0.4, 0.5) is 0 Å². The average molecular weight is 189 g/mol. The third-order valence-electron chi connectivity index (χ3n) is 2.15. The van der Waals surface area contributed by atoms with E-state index in [9.17, 15) is 4.79 Å². The molecular weight excluding hydrogens is 178 g/mol. The number of rotatable bonds is 3. The van der Waals surface area contributed by atoms with Gasteiger partial charge in [-0.25, -0.2) is 0 Å². The Bertz CT molecular complexity index is 449. The second-order valence-electron chi connectivity index (χ2n) is 3.22. The highest BCUT2D eigenvalue weighted by Crippen LogP contribution is 2.15. The molecule has 2 aromatic rings. The molecular formula is C10H11N3O. The molecule has 2 rings (SSSR count). The molecule has 0 unspecified atom stereocenters. The highest BCUT2D eigenvalue weighted by atomic mass is 16.1. The minimum Gasteiger partial charge on any atom is -0.321 e. The summed E-state index contributed by atoms with van der Waals surface area (Å²) in [5.74, 6) is 0. The fourth-order valence-electron chi connectivity index (χ4n) is 1.45. The van der Waals surface area contributed by atoms with Gasteiger partial charge in [0.2, 0.25) is 0 Å². The van der Waals surface area contributed by atoms with Gasteiger partial charge in [0.25, 0.3) is 0 Å². The van der Waals surface area contributed by atoms with Crippen molar-refractivity contribution in [3.63, 3.8) is 0 Å². The summed E-state index contributed by atoms with van der Waals surface area (Å²) < 4.78 is 0. The summed E-state index contributed by atoms with van der Waals surface area (Å²) >= 11 is 0. The number of benzene rings is 1. The molecule has 0 saturated heterocycles. The van der Waals surface area contributed by atoms with Gasteiger partial charge >= 0.3 is 0 Å². The number of hydrogen-bond acceptors (Lipinski definition) is 3. The first kappa shape index (κ1) is 8.90. The Morgan fingerprint density at radius 1 is 1.50 bits per heavy atom. The van der Waals surface area contributed by atoms with Crippen LogP contribution >= 0.6 is 0 Å². The lowest BCUT2D eigenvalue weighted by atomic mass is 10.1. The number of nitrogens with two attached hydrogens (primary N) is 1. The number of nitrogens with zero attached hydrogens (tertiary/aromatic N) is 1. The number of H-pyrrole nitrogens is 1. The smallest absolute Gasteiger partial charge is 0.137 e. The molecule has 0 saturated carbocycles. The second-order valence-corrected chi connectivity index (χ2v) is 3.22. The molecule has 0 aliphatic heterocycles. The van der Waals surface area contributed by atoms with Crippen molar-refractivity contribution in [2.24, 2.45) is 5.73 Å². The monoisotopic (exact) mass is 189 g/mol.